The van der Waals surface area contributed by atoms with Crippen molar-refractivity contribution in [2.24, 2.45) is 0 Å². The SMILES string of the molecule is CCN1CCC(c2ccc(OC)cc2)(c2ccc(OC)cc2)CC1. The topological polar surface area (TPSA) is 21.7 Å². The normalized spacial score (nSPS) is 17.5. The van der Waals surface area contributed by atoms with Gasteiger partial charge < -0.3 is 14.4 Å². The molecule has 128 valence electrons. The molecule has 0 radical (unpaired) electrons. The highest BCUT2D eigenvalue weighted by atomic mass is 16.5. The Morgan fingerprint density at radius 1 is 0.792 bits per heavy atom. The summed E-state index contributed by atoms with van der Waals surface area (Å²) >= 11 is 0. The highest BCUT2D eigenvalue weighted by Gasteiger charge is 2.37. The lowest BCUT2D eigenvalue weighted by atomic mass is 9.68. The van der Waals surface area contributed by atoms with Crippen LogP contribution in [-0.4, -0.2) is 38.8 Å². The fraction of sp³-hybridized carbons (Fsp3) is 0.429. The summed E-state index contributed by atoms with van der Waals surface area (Å²) in [6, 6.07) is 17.2. The molecule has 3 heteroatoms. The Balaban J connectivity index is 1.99. The van der Waals surface area contributed by atoms with Gasteiger partial charge in [0.2, 0.25) is 0 Å². The van der Waals surface area contributed by atoms with Gasteiger partial charge in [-0.25, -0.2) is 0 Å². The molecule has 1 saturated heterocycles. The van der Waals surface area contributed by atoms with Crippen molar-refractivity contribution in [3.63, 3.8) is 0 Å². The molecule has 2 aromatic carbocycles. The second kappa shape index (κ2) is 7.27. The number of ether oxygens (including phenoxy) is 2. The van der Waals surface area contributed by atoms with Gasteiger partial charge in [-0.05, 0) is 67.9 Å². The van der Waals surface area contributed by atoms with Crippen LogP contribution in [0.25, 0.3) is 0 Å². The zero-order chi connectivity index (χ0) is 17.0. The zero-order valence-electron chi connectivity index (χ0n) is 14.9. The van der Waals surface area contributed by atoms with Crippen molar-refractivity contribution in [2.45, 2.75) is 25.2 Å². The van der Waals surface area contributed by atoms with E-state index in [9.17, 15) is 0 Å². The van der Waals surface area contributed by atoms with Gasteiger partial charge in [0.1, 0.15) is 11.5 Å². The largest absolute Gasteiger partial charge is 0.497 e. The molecule has 24 heavy (non-hydrogen) atoms. The molecule has 1 fully saturated rings. The molecule has 0 bridgehead atoms. The summed E-state index contributed by atoms with van der Waals surface area (Å²) < 4.78 is 10.7. The minimum absolute atomic E-state index is 0.0736. The molecule has 0 N–H and O–H groups in total. The molecule has 0 aliphatic carbocycles. The molecule has 0 atom stereocenters. The first-order valence-corrected chi connectivity index (χ1v) is 8.73. The van der Waals surface area contributed by atoms with E-state index in [0.29, 0.717) is 0 Å². The van der Waals surface area contributed by atoms with Crippen LogP contribution in [0.1, 0.15) is 30.9 Å². The summed E-state index contributed by atoms with van der Waals surface area (Å²) in [6.07, 6.45) is 2.28. The number of rotatable bonds is 5. The molecule has 3 rings (SSSR count). The van der Waals surface area contributed by atoms with E-state index in [-0.39, 0.29) is 5.41 Å². The van der Waals surface area contributed by atoms with Gasteiger partial charge in [0.25, 0.3) is 0 Å². The van der Waals surface area contributed by atoms with Crippen LogP contribution in [0.3, 0.4) is 0 Å². The lowest BCUT2D eigenvalue weighted by Gasteiger charge is -2.42. The molecule has 0 aromatic heterocycles. The number of methoxy groups -OCH3 is 2. The van der Waals surface area contributed by atoms with Crippen molar-refractivity contribution in [3.05, 3.63) is 59.7 Å². The predicted molar refractivity (Wildman–Crippen MR) is 98.1 cm³/mol. The maximum absolute atomic E-state index is 5.34. The van der Waals surface area contributed by atoms with Crippen molar-refractivity contribution in [3.8, 4) is 11.5 Å². The number of likely N-dealkylation sites (tertiary alicyclic amines) is 1. The molecule has 1 aliphatic heterocycles. The van der Waals surface area contributed by atoms with Crippen LogP contribution in [0.5, 0.6) is 11.5 Å². The molecule has 0 amide bonds. The van der Waals surface area contributed by atoms with Crippen molar-refractivity contribution >= 4 is 0 Å². The van der Waals surface area contributed by atoms with Crippen molar-refractivity contribution in [1.82, 2.24) is 4.90 Å². The molecule has 3 nitrogen and oxygen atoms in total. The van der Waals surface area contributed by atoms with E-state index in [4.69, 9.17) is 9.47 Å². The molecule has 2 aromatic rings. The second-order valence-corrected chi connectivity index (χ2v) is 6.47. The Hall–Kier alpha value is -2.00. The van der Waals surface area contributed by atoms with E-state index in [2.05, 4.69) is 60.4 Å². The Morgan fingerprint density at radius 3 is 1.54 bits per heavy atom. The summed E-state index contributed by atoms with van der Waals surface area (Å²) in [6.45, 7) is 5.64. The third kappa shape index (κ3) is 3.13. The second-order valence-electron chi connectivity index (χ2n) is 6.47. The first-order chi connectivity index (χ1) is 11.7. The number of hydrogen-bond donors (Lipinski definition) is 0. The van der Waals surface area contributed by atoms with Crippen LogP contribution in [-0.2, 0) is 5.41 Å². The zero-order valence-corrected chi connectivity index (χ0v) is 14.9. The van der Waals surface area contributed by atoms with E-state index in [1.165, 1.54) is 11.1 Å². The van der Waals surface area contributed by atoms with E-state index in [0.717, 1.165) is 44.0 Å². The van der Waals surface area contributed by atoms with E-state index >= 15 is 0 Å². The fourth-order valence-corrected chi connectivity index (χ4v) is 3.82. The van der Waals surface area contributed by atoms with Crippen LogP contribution >= 0.6 is 0 Å². The van der Waals surface area contributed by atoms with Gasteiger partial charge in [-0.15, -0.1) is 0 Å². The van der Waals surface area contributed by atoms with Gasteiger partial charge in [-0.3, -0.25) is 0 Å². The fourth-order valence-electron chi connectivity index (χ4n) is 3.82. The highest BCUT2D eigenvalue weighted by Crippen LogP contribution is 2.42. The number of piperidine rings is 1. The summed E-state index contributed by atoms with van der Waals surface area (Å²) in [7, 11) is 3.43. The minimum Gasteiger partial charge on any atom is -0.497 e. The summed E-state index contributed by atoms with van der Waals surface area (Å²) in [4.78, 5) is 2.53. The molecule has 0 unspecified atom stereocenters. The average Bonchev–Trinajstić information content (AvgIpc) is 2.68. The Morgan fingerprint density at radius 2 is 1.21 bits per heavy atom. The predicted octanol–water partition coefficient (Wildman–Crippen LogP) is 4.11. The molecular weight excluding hydrogens is 298 g/mol. The number of benzene rings is 2. The van der Waals surface area contributed by atoms with Crippen molar-refractivity contribution in [2.75, 3.05) is 33.9 Å². The molecule has 1 heterocycles. The Kier molecular flexibility index (Phi) is 5.10. The standard InChI is InChI=1S/C21H27NO2/c1-4-22-15-13-21(14-16-22,17-5-9-19(23-2)10-6-17)18-7-11-20(24-3)12-8-18/h5-12H,4,13-16H2,1-3H3. The lowest BCUT2D eigenvalue weighted by Crippen LogP contribution is -2.43. The monoisotopic (exact) mass is 325 g/mol. The quantitative estimate of drug-likeness (QED) is 0.826. The maximum atomic E-state index is 5.34. The van der Waals surface area contributed by atoms with Gasteiger partial charge in [0.15, 0.2) is 0 Å². The van der Waals surface area contributed by atoms with Crippen LogP contribution < -0.4 is 9.47 Å². The Labute approximate surface area is 145 Å². The van der Waals surface area contributed by atoms with Crippen molar-refractivity contribution < 1.29 is 9.47 Å². The van der Waals surface area contributed by atoms with Crippen LogP contribution in [0.2, 0.25) is 0 Å². The first-order valence-electron chi connectivity index (χ1n) is 8.73. The Bertz CT molecular complexity index is 591. The van der Waals surface area contributed by atoms with Crippen LogP contribution in [0, 0.1) is 0 Å². The molecular formula is C21H27NO2. The smallest absolute Gasteiger partial charge is 0.118 e. The van der Waals surface area contributed by atoms with Gasteiger partial charge in [0.05, 0.1) is 14.2 Å². The van der Waals surface area contributed by atoms with Crippen LogP contribution in [0.4, 0.5) is 0 Å². The van der Waals surface area contributed by atoms with E-state index in [1.807, 2.05) is 0 Å². The summed E-state index contributed by atoms with van der Waals surface area (Å²) in [5.74, 6) is 1.82. The summed E-state index contributed by atoms with van der Waals surface area (Å²) in [5, 5.41) is 0. The van der Waals surface area contributed by atoms with E-state index in [1.54, 1.807) is 14.2 Å². The maximum Gasteiger partial charge on any atom is 0.118 e. The third-order valence-electron chi connectivity index (χ3n) is 5.44. The number of nitrogens with zero attached hydrogens (tertiary/aromatic N) is 1. The average molecular weight is 325 g/mol. The lowest BCUT2D eigenvalue weighted by molar-refractivity contribution is 0.187. The van der Waals surface area contributed by atoms with Gasteiger partial charge in [0, 0.05) is 5.41 Å². The summed E-state index contributed by atoms with van der Waals surface area (Å²) in [5.41, 5.74) is 2.83. The molecule has 0 spiro atoms. The van der Waals surface area contributed by atoms with Gasteiger partial charge in [-0.1, -0.05) is 31.2 Å². The number of hydrogen-bond acceptors (Lipinski definition) is 3. The first kappa shape index (κ1) is 16.8. The minimum atomic E-state index is 0.0736. The highest BCUT2D eigenvalue weighted by molar-refractivity contribution is 5.44. The van der Waals surface area contributed by atoms with Gasteiger partial charge in [-0.2, -0.15) is 0 Å². The third-order valence-corrected chi connectivity index (χ3v) is 5.44. The van der Waals surface area contributed by atoms with Gasteiger partial charge >= 0.3 is 0 Å². The van der Waals surface area contributed by atoms with Crippen molar-refractivity contribution in [1.29, 1.82) is 0 Å². The molecule has 0 saturated carbocycles. The van der Waals surface area contributed by atoms with E-state index < -0.39 is 0 Å². The molecule has 1 aliphatic rings. The van der Waals surface area contributed by atoms with Crippen LogP contribution in [0.15, 0.2) is 48.5 Å².